The highest BCUT2D eigenvalue weighted by atomic mass is 16.5. The maximum absolute atomic E-state index is 11.9. The number of methoxy groups -OCH3 is 1. The van der Waals surface area contributed by atoms with E-state index in [1.165, 1.54) is 0 Å². The average molecular weight is 294 g/mol. The Kier molecular flexibility index (Phi) is 7.36. The van der Waals surface area contributed by atoms with E-state index in [4.69, 9.17) is 4.74 Å². The molecule has 0 aromatic heterocycles. The van der Waals surface area contributed by atoms with Gasteiger partial charge in [0.15, 0.2) is 0 Å². The summed E-state index contributed by atoms with van der Waals surface area (Å²) < 4.78 is 5.05. The van der Waals surface area contributed by atoms with Crippen LogP contribution in [0.25, 0.3) is 0 Å². The number of aliphatic carboxylic acids is 1. The summed E-state index contributed by atoms with van der Waals surface area (Å²) in [6.07, 6.45) is 0.500. The topological polar surface area (TPSA) is 61.8 Å². The zero-order valence-corrected chi connectivity index (χ0v) is 13.1. The van der Waals surface area contributed by atoms with E-state index in [2.05, 4.69) is 10.2 Å². The summed E-state index contributed by atoms with van der Waals surface area (Å²) in [5.74, 6) is -0.837. The van der Waals surface area contributed by atoms with E-state index < -0.39 is 11.5 Å². The van der Waals surface area contributed by atoms with Crippen molar-refractivity contribution in [2.24, 2.45) is 0 Å². The second-order valence-corrected chi connectivity index (χ2v) is 5.15. The van der Waals surface area contributed by atoms with Crippen LogP contribution in [-0.4, -0.2) is 56.4 Å². The van der Waals surface area contributed by atoms with Crippen molar-refractivity contribution in [2.75, 3.05) is 40.4 Å². The third kappa shape index (κ3) is 4.81. The summed E-state index contributed by atoms with van der Waals surface area (Å²) in [5.41, 5.74) is -0.253. The number of carboxylic acids is 1. The molecule has 1 atom stereocenters. The summed E-state index contributed by atoms with van der Waals surface area (Å²) in [5, 5.41) is 13.0. The molecule has 0 amide bonds. The standard InChI is InChI=1S/C16H26N2O3/c1-4-17-16(15(19)20,14-8-6-5-7-9-14)10-11-18(2)12-13-21-3/h5-9,17H,4,10-13H2,1-3H3,(H,19,20). The van der Waals surface area contributed by atoms with Gasteiger partial charge in [-0.2, -0.15) is 0 Å². The van der Waals surface area contributed by atoms with E-state index in [-0.39, 0.29) is 0 Å². The first-order valence-corrected chi connectivity index (χ1v) is 7.28. The number of nitrogens with zero attached hydrogens (tertiary/aromatic N) is 1. The second kappa shape index (κ2) is 8.77. The minimum absolute atomic E-state index is 0.500. The third-order valence-corrected chi connectivity index (χ3v) is 3.66. The number of rotatable bonds is 10. The summed E-state index contributed by atoms with van der Waals surface area (Å²) in [4.78, 5) is 14.0. The van der Waals surface area contributed by atoms with E-state index in [9.17, 15) is 9.90 Å². The molecule has 0 aliphatic carbocycles. The number of hydrogen-bond acceptors (Lipinski definition) is 4. The Morgan fingerprint density at radius 2 is 2.00 bits per heavy atom. The van der Waals surface area contributed by atoms with E-state index in [0.29, 0.717) is 26.1 Å². The molecule has 1 unspecified atom stereocenters. The summed E-state index contributed by atoms with van der Waals surface area (Å²) >= 11 is 0. The average Bonchev–Trinajstić information content (AvgIpc) is 2.50. The van der Waals surface area contributed by atoms with Crippen LogP contribution in [0.5, 0.6) is 0 Å². The first kappa shape index (κ1) is 17.6. The summed E-state index contributed by atoms with van der Waals surface area (Å²) in [6, 6.07) is 9.38. The lowest BCUT2D eigenvalue weighted by Gasteiger charge is -2.32. The lowest BCUT2D eigenvalue weighted by atomic mass is 9.86. The van der Waals surface area contributed by atoms with Crippen molar-refractivity contribution in [3.63, 3.8) is 0 Å². The molecule has 0 radical (unpaired) electrons. The normalized spacial score (nSPS) is 14.1. The molecule has 1 rings (SSSR count). The second-order valence-electron chi connectivity index (χ2n) is 5.15. The number of nitrogens with one attached hydrogen (secondary N) is 1. The molecule has 0 aliphatic rings. The maximum atomic E-state index is 11.9. The van der Waals surface area contributed by atoms with Crippen LogP contribution in [0.15, 0.2) is 30.3 Å². The molecule has 0 saturated carbocycles. The molecular formula is C16H26N2O3. The van der Waals surface area contributed by atoms with Gasteiger partial charge in [-0.05, 0) is 25.6 Å². The SMILES string of the molecule is CCNC(CCN(C)CCOC)(C(=O)O)c1ccccc1. The van der Waals surface area contributed by atoms with Gasteiger partial charge in [0, 0.05) is 20.2 Å². The molecule has 0 fully saturated rings. The summed E-state index contributed by atoms with van der Waals surface area (Å²) in [6.45, 7) is 4.63. The largest absolute Gasteiger partial charge is 0.480 e. The van der Waals surface area contributed by atoms with Crippen molar-refractivity contribution in [3.05, 3.63) is 35.9 Å². The number of ether oxygens (including phenoxy) is 1. The first-order valence-electron chi connectivity index (χ1n) is 7.28. The van der Waals surface area contributed by atoms with E-state index in [1.54, 1.807) is 7.11 Å². The molecule has 0 spiro atoms. The maximum Gasteiger partial charge on any atom is 0.328 e. The quantitative estimate of drug-likeness (QED) is 0.685. The molecule has 21 heavy (non-hydrogen) atoms. The van der Waals surface area contributed by atoms with Crippen LogP contribution in [0.1, 0.15) is 18.9 Å². The molecule has 0 saturated heterocycles. The molecule has 2 N–H and O–H groups in total. The van der Waals surface area contributed by atoms with Crippen molar-refractivity contribution in [3.8, 4) is 0 Å². The van der Waals surface area contributed by atoms with Gasteiger partial charge in [0.2, 0.25) is 0 Å². The van der Waals surface area contributed by atoms with Crippen molar-refractivity contribution < 1.29 is 14.6 Å². The van der Waals surface area contributed by atoms with Gasteiger partial charge in [-0.25, -0.2) is 4.79 Å². The van der Waals surface area contributed by atoms with Crippen molar-refractivity contribution in [1.29, 1.82) is 0 Å². The predicted molar refractivity (Wildman–Crippen MR) is 83.4 cm³/mol. The lowest BCUT2D eigenvalue weighted by Crippen LogP contribution is -2.51. The fourth-order valence-corrected chi connectivity index (χ4v) is 2.38. The van der Waals surface area contributed by atoms with Crippen LogP contribution in [0, 0.1) is 0 Å². The molecule has 1 aromatic rings. The van der Waals surface area contributed by atoms with Gasteiger partial charge in [-0.15, -0.1) is 0 Å². The Morgan fingerprint density at radius 1 is 1.33 bits per heavy atom. The zero-order valence-electron chi connectivity index (χ0n) is 13.1. The molecule has 0 bridgehead atoms. The van der Waals surface area contributed by atoms with Gasteiger partial charge < -0.3 is 14.7 Å². The monoisotopic (exact) mass is 294 g/mol. The Bertz CT molecular complexity index is 425. The molecule has 0 heterocycles. The fourth-order valence-electron chi connectivity index (χ4n) is 2.38. The van der Waals surface area contributed by atoms with E-state index >= 15 is 0 Å². The Morgan fingerprint density at radius 3 is 2.52 bits per heavy atom. The van der Waals surface area contributed by atoms with Gasteiger partial charge >= 0.3 is 5.97 Å². The van der Waals surface area contributed by atoms with Crippen LogP contribution in [0.2, 0.25) is 0 Å². The van der Waals surface area contributed by atoms with Gasteiger partial charge in [0.05, 0.1) is 6.61 Å². The van der Waals surface area contributed by atoms with Crippen LogP contribution in [0.4, 0.5) is 0 Å². The summed E-state index contributed by atoms with van der Waals surface area (Å²) in [7, 11) is 3.64. The van der Waals surface area contributed by atoms with Crippen molar-refractivity contribution in [2.45, 2.75) is 18.9 Å². The van der Waals surface area contributed by atoms with Gasteiger partial charge in [-0.1, -0.05) is 37.3 Å². The fraction of sp³-hybridized carbons (Fsp3) is 0.562. The van der Waals surface area contributed by atoms with Crippen LogP contribution in [-0.2, 0) is 15.1 Å². The van der Waals surface area contributed by atoms with Crippen LogP contribution >= 0.6 is 0 Å². The van der Waals surface area contributed by atoms with Gasteiger partial charge in [0.25, 0.3) is 0 Å². The van der Waals surface area contributed by atoms with Crippen molar-refractivity contribution >= 4 is 5.97 Å². The first-order chi connectivity index (χ1) is 10.1. The van der Waals surface area contributed by atoms with Gasteiger partial charge in [0.1, 0.15) is 5.54 Å². The lowest BCUT2D eigenvalue weighted by molar-refractivity contribution is -0.146. The van der Waals surface area contributed by atoms with Crippen LogP contribution < -0.4 is 5.32 Å². The number of likely N-dealkylation sites (N-methyl/N-ethyl adjacent to an activating group) is 2. The third-order valence-electron chi connectivity index (χ3n) is 3.66. The molecule has 118 valence electrons. The van der Waals surface area contributed by atoms with Crippen molar-refractivity contribution in [1.82, 2.24) is 10.2 Å². The highest BCUT2D eigenvalue weighted by molar-refractivity contribution is 5.80. The molecule has 5 heteroatoms. The number of hydrogen-bond donors (Lipinski definition) is 2. The van der Waals surface area contributed by atoms with E-state index in [1.807, 2.05) is 44.3 Å². The minimum Gasteiger partial charge on any atom is -0.480 e. The zero-order chi connectivity index (χ0) is 15.7. The smallest absolute Gasteiger partial charge is 0.328 e. The molecule has 0 aliphatic heterocycles. The number of benzene rings is 1. The Hall–Kier alpha value is -1.43. The number of carboxylic acid groups (broad SMARTS) is 1. The highest BCUT2D eigenvalue weighted by Gasteiger charge is 2.39. The Balaban J connectivity index is 2.89. The van der Waals surface area contributed by atoms with E-state index in [0.717, 1.165) is 12.1 Å². The Labute approximate surface area is 126 Å². The number of carbonyl (C=O) groups is 1. The minimum atomic E-state index is -1.04. The van der Waals surface area contributed by atoms with Crippen LogP contribution in [0.3, 0.4) is 0 Å². The molecule has 1 aromatic carbocycles. The predicted octanol–water partition coefficient (Wildman–Crippen LogP) is 1.54. The molecular weight excluding hydrogens is 268 g/mol. The van der Waals surface area contributed by atoms with Gasteiger partial charge in [-0.3, -0.25) is 5.32 Å². The highest BCUT2D eigenvalue weighted by Crippen LogP contribution is 2.26. The molecule has 5 nitrogen and oxygen atoms in total.